The van der Waals surface area contributed by atoms with Crippen molar-refractivity contribution in [3.8, 4) is 12.1 Å². The maximum Gasteiger partial charge on any atom is 0.331 e. The van der Waals surface area contributed by atoms with Gasteiger partial charge in [-0.2, -0.15) is 10.5 Å². The van der Waals surface area contributed by atoms with Gasteiger partial charge in [0.2, 0.25) is 0 Å². The van der Waals surface area contributed by atoms with Crippen LogP contribution < -0.4 is 0 Å². The van der Waals surface area contributed by atoms with Crippen LogP contribution >= 0.6 is 0 Å². The van der Waals surface area contributed by atoms with Gasteiger partial charge in [-0.15, -0.1) is 0 Å². The van der Waals surface area contributed by atoms with Gasteiger partial charge in [0, 0.05) is 24.3 Å². The molecule has 100 valence electrons. The fourth-order valence-electron chi connectivity index (χ4n) is 0.811. The molecular weight excluding hydrogens is 252 g/mol. The van der Waals surface area contributed by atoms with Gasteiger partial charge in [0.1, 0.15) is 13.2 Å². The number of carbonyl (C=O) groups excluding carboxylic acids is 2. The summed E-state index contributed by atoms with van der Waals surface area (Å²) in [5, 5.41) is 16.3. The Labute approximate surface area is 110 Å². The summed E-state index contributed by atoms with van der Waals surface area (Å²) in [4.78, 5) is 21.7. The summed E-state index contributed by atoms with van der Waals surface area (Å²) in [5.41, 5.74) is 0. The molecule has 0 saturated carbocycles. The van der Waals surface area contributed by atoms with E-state index in [4.69, 9.17) is 15.3 Å². The smallest absolute Gasteiger partial charge is 0.331 e. The monoisotopic (exact) mass is 264 g/mol. The molecule has 0 rings (SSSR count). The Kier molecular flexibility index (Phi) is 10.2. The summed E-state index contributed by atoms with van der Waals surface area (Å²) < 4.78 is 14.3. The number of allylic oxidation sites excluding steroid dienone is 2. The topological polar surface area (TPSA) is 109 Å². The molecule has 0 fully saturated rings. The molecule has 0 aliphatic carbocycles. The molecular formula is C12H12N2O5. The van der Waals surface area contributed by atoms with Gasteiger partial charge in [0.05, 0.1) is 25.4 Å². The van der Waals surface area contributed by atoms with E-state index >= 15 is 0 Å². The van der Waals surface area contributed by atoms with Crippen LogP contribution in [0.5, 0.6) is 0 Å². The Bertz CT molecular complexity index is 388. The average Bonchev–Trinajstić information content (AvgIpc) is 2.41. The highest BCUT2D eigenvalue weighted by Crippen LogP contribution is 1.85. The molecule has 19 heavy (non-hydrogen) atoms. The highest BCUT2D eigenvalue weighted by atomic mass is 16.6. The molecule has 0 amide bonds. The van der Waals surface area contributed by atoms with Crippen molar-refractivity contribution in [2.45, 2.75) is 0 Å². The van der Waals surface area contributed by atoms with Crippen LogP contribution in [0, 0.1) is 22.7 Å². The first-order valence-electron chi connectivity index (χ1n) is 5.24. The molecule has 0 atom stereocenters. The normalized spacial score (nSPS) is 10.0. The van der Waals surface area contributed by atoms with E-state index in [9.17, 15) is 9.59 Å². The van der Waals surface area contributed by atoms with E-state index in [0.717, 1.165) is 24.3 Å². The molecule has 0 heterocycles. The van der Waals surface area contributed by atoms with Crippen LogP contribution in [0.1, 0.15) is 0 Å². The van der Waals surface area contributed by atoms with Crippen LogP contribution in [-0.4, -0.2) is 38.4 Å². The lowest BCUT2D eigenvalue weighted by molar-refractivity contribution is -0.140. The van der Waals surface area contributed by atoms with Crippen molar-refractivity contribution in [3.63, 3.8) is 0 Å². The summed E-state index contributed by atoms with van der Waals surface area (Å²) >= 11 is 0. The Morgan fingerprint density at radius 1 is 0.842 bits per heavy atom. The fraction of sp³-hybridized carbons (Fsp3) is 0.333. The number of esters is 2. The standard InChI is InChI=1S/C12H12N2O5/c13-5-1-3-11(15)18-9-7-17-8-10-19-12(16)4-2-6-14/h1-4H,7-10H2. The zero-order chi connectivity index (χ0) is 14.3. The molecule has 0 saturated heterocycles. The molecule has 0 spiro atoms. The summed E-state index contributed by atoms with van der Waals surface area (Å²) in [6.45, 7) is 0.378. The SMILES string of the molecule is N#CC=CC(=O)OCCOCCOC(=O)C=CC#N. The maximum absolute atomic E-state index is 10.9. The Balaban J connectivity index is 3.42. The zero-order valence-corrected chi connectivity index (χ0v) is 10.1. The quantitative estimate of drug-likeness (QED) is 0.267. The van der Waals surface area contributed by atoms with Gasteiger partial charge in [-0.25, -0.2) is 9.59 Å². The predicted molar refractivity (Wildman–Crippen MR) is 62.2 cm³/mol. The summed E-state index contributed by atoms with van der Waals surface area (Å²) in [5.74, 6) is -1.25. The maximum atomic E-state index is 10.9. The van der Waals surface area contributed by atoms with E-state index in [0.29, 0.717) is 0 Å². The molecule has 0 aliphatic heterocycles. The van der Waals surface area contributed by atoms with Crippen LogP contribution in [0.25, 0.3) is 0 Å². The van der Waals surface area contributed by atoms with Crippen LogP contribution in [0.2, 0.25) is 0 Å². The van der Waals surface area contributed by atoms with Gasteiger partial charge in [-0.3, -0.25) is 0 Å². The molecule has 7 heteroatoms. The minimum absolute atomic E-state index is 0.0386. The molecule has 0 N–H and O–H groups in total. The van der Waals surface area contributed by atoms with Gasteiger partial charge >= 0.3 is 11.9 Å². The second-order valence-corrected chi connectivity index (χ2v) is 2.87. The van der Waals surface area contributed by atoms with Gasteiger partial charge < -0.3 is 14.2 Å². The lowest BCUT2D eigenvalue weighted by atomic mass is 10.5. The van der Waals surface area contributed by atoms with Crippen molar-refractivity contribution in [3.05, 3.63) is 24.3 Å². The Morgan fingerprint density at radius 2 is 1.26 bits per heavy atom. The van der Waals surface area contributed by atoms with Gasteiger partial charge in [-0.1, -0.05) is 0 Å². The van der Waals surface area contributed by atoms with Crippen LogP contribution in [0.15, 0.2) is 24.3 Å². The minimum Gasteiger partial charge on any atom is -0.460 e. The van der Waals surface area contributed by atoms with E-state index in [1.807, 2.05) is 0 Å². The molecule has 0 aromatic heterocycles. The highest BCUT2D eigenvalue weighted by molar-refractivity contribution is 5.82. The number of hydrogen-bond donors (Lipinski definition) is 0. The molecule has 0 bridgehead atoms. The van der Waals surface area contributed by atoms with Crippen LogP contribution in [0.4, 0.5) is 0 Å². The number of nitrogens with zero attached hydrogens (tertiary/aromatic N) is 2. The van der Waals surface area contributed by atoms with Gasteiger partial charge in [-0.05, 0) is 0 Å². The molecule has 0 aromatic carbocycles. The second-order valence-electron chi connectivity index (χ2n) is 2.87. The van der Waals surface area contributed by atoms with E-state index in [1.54, 1.807) is 12.1 Å². The first-order chi connectivity index (χ1) is 9.20. The van der Waals surface area contributed by atoms with E-state index in [1.165, 1.54) is 0 Å². The molecule has 0 aliphatic rings. The zero-order valence-electron chi connectivity index (χ0n) is 10.1. The first-order valence-corrected chi connectivity index (χ1v) is 5.24. The van der Waals surface area contributed by atoms with Gasteiger partial charge in [0.25, 0.3) is 0 Å². The summed E-state index contributed by atoms with van der Waals surface area (Å²) in [7, 11) is 0. The fourth-order valence-corrected chi connectivity index (χ4v) is 0.811. The Hall–Kier alpha value is -2.64. The van der Waals surface area contributed by atoms with Crippen molar-refractivity contribution in [2.75, 3.05) is 26.4 Å². The van der Waals surface area contributed by atoms with E-state index in [-0.39, 0.29) is 26.4 Å². The third kappa shape index (κ3) is 11.6. The lowest BCUT2D eigenvalue weighted by Crippen LogP contribution is -2.13. The number of carbonyl (C=O) groups is 2. The predicted octanol–water partition coefficient (Wildman–Crippen LogP) is 0.249. The van der Waals surface area contributed by atoms with Crippen LogP contribution in [-0.2, 0) is 23.8 Å². The minimum atomic E-state index is -0.627. The molecule has 7 nitrogen and oxygen atoms in total. The molecule has 0 radical (unpaired) electrons. The second kappa shape index (κ2) is 11.8. The van der Waals surface area contributed by atoms with Crippen molar-refractivity contribution in [1.29, 1.82) is 10.5 Å². The van der Waals surface area contributed by atoms with Crippen molar-refractivity contribution >= 4 is 11.9 Å². The number of hydrogen-bond acceptors (Lipinski definition) is 7. The van der Waals surface area contributed by atoms with Crippen LogP contribution in [0.3, 0.4) is 0 Å². The Morgan fingerprint density at radius 3 is 1.63 bits per heavy atom. The number of ether oxygens (including phenoxy) is 3. The van der Waals surface area contributed by atoms with Crippen molar-refractivity contribution < 1.29 is 23.8 Å². The third-order valence-electron chi connectivity index (χ3n) is 1.53. The summed E-state index contributed by atoms with van der Waals surface area (Å²) in [6.07, 6.45) is 4.03. The van der Waals surface area contributed by atoms with E-state index < -0.39 is 11.9 Å². The lowest BCUT2D eigenvalue weighted by Gasteiger charge is -2.04. The number of nitriles is 2. The third-order valence-corrected chi connectivity index (χ3v) is 1.53. The van der Waals surface area contributed by atoms with Crippen molar-refractivity contribution in [1.82, 2.24) is 0 Å². The van der Waals surface area contributed by atoms with Gasteiger partial charge in [0.15, 0.2) is 0 Å². The summed E-state index contributed by atoms with van der Waals surface area (Å²) in [6, 6.07) is 3.31. The first kappa shape index (κ1) is 16.4. The number of rotatable bonds is 8. The van der Waals surface area contributed by atoms with E-state index in [2.05, 4.69) is 9.47 Å². The highest BCUT2D eigenvalue weighted by Gasteiger charge is 1.98. The van der Waals surface area contributed by atoms with Crippen molar-refractivity contribution in [2.24, 2.45) is 0 Å². The average molecular weight is 264 g/mol. The molecule has 0 unspecified atom stereocenters. The molecule has 0 aromatic rings. The largest absolute Gasteiger partial charge is 0.460 e.